The summed E-state index contributed by atoms with van der Waals surface area (Å²) in [5.74, 6) is 0.800. The molecular formula is C10H12N4. The molecule has 1 aromatic heterocycles. The van der Waals surface area contributed by atoms with Gasteiger partial charge in [0.2, 0.25) is 0 Å². The van der Waals surface area contributed by atoms with Gasteiger partial charge in [0.25, 0.3) is 0 Å². The molecular weight excluding hydrogens is 176 g/mol. The van der Waals surface area contributed by atoms with Crippen LogP contribution in [0.3, 0.4) is 0 Å². The van der Waals surface area contributed by atoms with Crippen LogP contribution in [0, 0.1) is 0 Å². The number of hydrogen-bond acceptors (Lipinski definition) is 3. The second kappa shape index (κ2) is 4.02. The third-order valence-corrected chi connectivity index (χ3v) is 2.10. The highest BCUT2D eigenvalue weighted by Gasteiger charge is 2.05. The number of nitrogens with one attached hydrogen (secondary N) is 1. The molecule has 2 aromatic rings. The van der Waals surface area contributed by atoms with Crippen LogP contribution in [-0.2, 0) is 6.42 Å². The minimum Gasteiger partial charge on any atom is -0.330 e. The molecule has 1 aromatic carbocycles. The second-order valence-electron chi connectivity index (χ2n) is 3.03. The molecule has 4 heteroatoms. The summed E-state index contributed by atoms with van der Waals surface area (Å²) in [7, 11) is 0. The number of H-pyrrole nitrogens is 1. The van der Waals surface area contributed by atoms with E-state index in [4.69, 9.17) is 5.73 Å². The Morgan fingerprint density at radius 2 is 2.14 bits per heavy atom. The summed E-state index contributed by atoms with van der Waals surface area (Å²) in [5.41, 5.74) is 7.82. The van der Waals surface area contributed by atoms with Gasteiger partial charge in [0.15, 0.2) is 5.82 Å². The maximum atomic E-state index is 5.54. The lowest BCUT2D eigenvalue weighted by molar-refractivity contribution is 0.966. The lowest BCUT2D eigenvalue weighted by Gasteiger charge is -2.04. The van der Waals surface area contributed by atoms with Crippen molar-refractivity contribution in [3.8, 4) is 11.4 Å². The van der Waals surface area contributed by atoms with Gasteiger partial charge in [0.05, 0.1) is 0 Å². The number of hydrogen-bond donors (Lipinski definition) is 2. The Bertz CT molecular complexity index is 394. The van der Waals surface area contributed by atoms with E-state index in [-0.39, 0.29) is 0 Å². The van der Waals surface area contributed by atoms with Gasteiger partial charge in [-0.2, -0.15) is 5.10 Å². The highest BCUT2D eigenvalue weighted by molar-refractivity contribution is 5.59. The van der Waals surface area contributed by atoms with E-state index in [1.165, 1.54) is 11.9 Å². The molecule has 0 bridgehead atoms. The van der Waals surface area contributed by atoms with Crippen LogP contribution in [0.2, 0.25) is 0 Å². The zero-order chi connectivity index (χ0) is 9.80. The first-order valence-electron chi connectivity index (χ1n) is 4.55. The Kier molecular flexibility index (Phi) is 2.55. The number of rotatable bonds is 3. The molecule has 0 saturated heterocycles. The summed E-state index contributed by atoms with van der Waals surface area (Å²) >= 11 is 0. The van der Waals surface area contributed by atoms with E-state index in [9.17, 15) is 0 Å². The molecule has 0 fully saturated rings. The molecule has 0 aliphatic carbocycles. The zero-order valence-electron chi connectivity index (χ0n) is 7.77. The van der Waals surface area contributed by atoms with Gasteiger partial charge in [-0.3, -0.25) is 5.10 Å². The monoisotopic (exact) mass is 188 g/mol. The molecule has 72 valence electrons. The van der Waals surface area contributed by atoms with Crippen LogP contribution in [0.15, 0.2) is 30.6 Å². The van der Waals surface area contributed by atoms with Crippen LogP contribution >= 0.6 is 0 Å². The van der Waals surface area contributed by atoms with Gasteiger partial charge in [-0.25, -0.2) is 4.98 Å². The number of nitrogens with zero attached hydrogens (tertiary/aromatic N) is 2. The van der Waals surface area contributed by atoms with Crippen molar-refractivity contribution in [1.29, 1.82) is 0 Å². The van der Waals surface area contributed by atoms with Gasteiger partial charge in [0, 0.05) is 5.56 Å². The summed E-state index contributed by atoms with van der Waals surface area (Å²) < 4.78 is 0. The van der Waals surface area contributed by atoms with E-state index >= 15 is 0 Å². The first kappa shape index (κ1) is 8.90. The molecule has 0 spiro atoms. The largest absolute Gasteiger partial charge is 0.330 e. The summed E-state index contributed by atoms with van der Waals surface area (Å²) in [6.45, 7) is 0.644. The van der Waals surface area contributed by atoms with Crippen LogP contribution < -0.4 is 5.73 Å². The number of nitrogens with two attached hydrogens (primary N) is 1. The zero-order valence-corrected chi connectivity index (χ0v) is 7.77. The first-order chi connectivity index (χ1) is 6.92. The molecule has 0 atom stereocenters. The van der Waals surface area contributed by atoms with Crippen molar-refractivity contribution in [2.75, 3.05) is 6.54 Å². The van der Waals surface area contributed by atoms with Crippen molar-refractivity contribution in [3.05, 3.63) is 36.2 Å². The van der Waals surface area contributed by atoms with E-state index in [2.05, 4.69) is 21.2 Å². The van der Waals surface area contributed by atoms with Crippen molar-refractivity contribution >= 4 is 0 Å². The van der Waals surface area contributed by atoms with Gasteiger partial charge in [-0.15, -0.1) is 0 Å². The van der Waals surface area contributed by atoms with Crippen molar-refractivity contribution < 1.29 is 0 Å². The molecule has 0 radical (unpaired) electrons. The van der Waals surface area contributed by atoms with Crippen LogP contribution in [0.25, 0.3) is 11.4 Å². The van der Waals surface area contributed by atoms with Gasteiger partial charge in [-0.1, -0.05) is 24.3 Å². The average molecular weight is 188 g/mol. The Morgan fingerprint density at radius 1 is 1.29 bits per heavy atom. The fraction of sp³-hybridized carbons (Fsp3) is 0.200. The number of aromatic nitrogens is 3. The lowest BCUT2D eigenvalue weighted by Crippen LogP contribution is -2.04. The Hall–Kier alpha value is -1.68. The van der Waals surface area contributed by atoms with Gasteiger partial charge >= 0.3 is 0 Å². The summed E-state index contributed by atoms with van der Waals surface area (Å²) in [5, 5.41) is 6.68. The first-order valence-corrected chi connectivity index (χ1v) is 4.55. The molecule has 0 unspecified atom stereocenters. The molecule has 0 aliphatic heterocycles. The minimum atomic E-state index is 0.644. The van der Waals surface area contributed by atoms with E-state index in [1.54, 1.807) is 0 Å². The normalized spacial score (nSPS) is 10.4. The van der Waals surface area contributed by atoms with Gasteiger partial charge in [-0.05, 0) is 18.5 Å². The molecule has 2 rings (SSSR count). The van der Waals surface area contributed by atoms with Gasteiger partial charge in [0.1, 0.15) is 6.33 Å². The summed E-state index contributed by atoms with van der Waals surface area (Å²) in [6.07, 6.45) is 2.37. The maximum absolute atomic E-state index is 5.54. The SMILES string of the molecule is NCCc1ccccc1-c1ncn[nH]1. The third-order valence-electron chi connectivity index (χ3n) is 2.10. The van der Waals surface area contributed by atoms with Crippen molar-refractivity contribution in [2.24, 2.45) is 5.73 Å². The smallest absolute Gasteiger partial charge is 0.155 e. The van der Waals surface area contributed by atoms with Gasteiger partial charge < -0.3 is 5.73 Å². The Morgan fingerprint density at radius 3 is 2.86 bits per heavy atom. The molecule has 3 N–H and O–H groups in total. The quantitative estimate of drug-likeness (QED) is 0.754. The Balaban J connectivity index is 2.42. The highest BCUT2D eigenvalue weighted by atomic mass is 15.2. The predicted octanol–water partition coefficient (Wildman–Crippen LogP) is 0.973. The van der Waals surface area contributed by atoms with Crippen molar-refractivity contribution in [1.82, 2.24) is 15.2 Å². The molecule has 0 saturated carbocycles. The summed E-state index contributed by atoms with van der Waals surface area (Å²) in [6, 6.07) is 8.07. The van der Waals surface area contributed by atoms with Crippen LogP contribution in [0.4, 0.5) is 0 Å². The lowest BCUT2D eigenvalue weighted by atomic mass is 10.0. The number of benzene rings is 1. The standard InChI is InChI=1S/C10H12N4/c11-6-5-8-3-1-2-4-9(8)10-12-7-13-14-10/h1-4,7H,5-6,11H2,(H,12,13,14). The van der Waals surface area contributed by atoms with E-state index < -0.39 is 0 Å². The molecule has 1 heterocycles. The molecule has 14 heavy (non-hydrogen) atoms. The second-order valence-corrected chi connectivity index (χ2v) is 3.03. The average Bonchev–Trinajstić information content (AvgIpc) is 2.72. The van der Waals surface area contributed by atoms with Crippen LogP contribution in [0.1, 0.15) is 5.56 Å². The maximum Gasteiger partial charge on any atom is 0.155 e. The van der Waals surface area contributed by atoms with Crippen LogP contribution in [-0.4, -0.2) is 21.7 Å². The highest BCUT2D eigenvalue weighted by Crippen LogP contribution is 2.19. The minimum absolute atomic E-state index is 0.644. The van der Waals surface area contributed by atoms with E-state index in [0.29, 0.717) is 6.54 Å². The summed E-state index contributed by atoms with van der Waals surface area (Å²) in [4.78, 5) is 4.12. The number of aromatic amines is 1. The van der Waals surface area contributed by atoms with Crippen LogP contribution in [0.5, 0.6) is 0 Å². The van der Waals surface area contributed by atoms with E-state index in [1.807, 2.05) is 18.2 Å². The molecule has 4 nitrogen and oxygen atoms in total. The molecule has 0 aliphatic rings. The van der Waals surface area contributed by atoms with Crippen molar-refractivity contribution in [2.45, 2.75) is 6.42 Å². The van der Waals surface area contributed by atoms with Crippen molar-refractivity contribution in [3.63, 3.8) is 0 Å². The third kappa shape index (κ3) is 1.65. The Labute approximate surface area is 82.2 Å². The van der Waals surface area contributed by atoms with E-state index in [0.717, 1.165) is 17.8 Å². The topological polar surface area (TPSA) is 67.6 Å². The fourth-order valence-electron chi connectivity index (χ4n) is 1.46. The predicted molar refractivity (Wildman–Crippen MR) is 54.6 cm³/mol. The fourth-order valence-corrected chi connectivity index (χ4v) is 1.46. The molecule has 0 amide bonds.